The van der Waals surface area contributed by atoms with E-state index in [1.54, 1.807) is 12.3 Å². The van der Waals surface area contributed by atoms with Gasteiger partial charge >= 0.3 is 0 Å². The van der Waals surface area contributed by atoms with Crippen LogP contribution < -0.4 is 5.32 Å². The van der Waals surface area contributed by atoms with Crippen molar-refractivity contribution in [2.45, 2.75) is 6.42 Å². The van der Waals surface area contributed by atoms with Gasteiger partial charge in [0.2, 0.25) is 0 Å². The average molecular weight is 256 g/mol. The summed E-state index contributed by atoms with van der Waals surface area (Å²) >= 11 is 11.8. The Morgan fingerprint density at radius 3 is 2.75 bits per heavy atom. The number of hydrogen-bond acceptors (Lipinski definition) is 2. The Bertz CT molecular complexity index is 494. The summed E-state index contributed by atoms with van der Waals surface area (Å²) in [6.07, 6.45) is 2.56. The molecule has 0 saturated heterocycles. The van der Waals surface area contributed by atoms with Crippen molar-refractivity contribution in [3.63, 3.8) is 0 Å². The van der Waals surface area contributed by atoms with E-state index in [0.717, 1.165) is 23.6 Å². The van der Waals surface area contributed by atoms with E-state index < -0.39 is 0 Å². The van der Waals surface area contributed by atoms with Gasteiger partial charge in [0.05, 0.1) is 16.2 Å². The van der Waals surface area contributed by atoms with E-state index in [1.165, 1.54) is 0 Å². The number of halogens is 2. The van der Waals surface area contributed by atoms with E-state index in [1.807, 2.05) is 19.2 Å². The number of aromatic amines is 1. The first-order valence-electron chi connectivity index (χ1n) is 4.84. The number of rotatable bonds is 3. The molecule has 0 fully saturated rings. The lowest BCUT2D eigenvalue weighted by atomic mass is 10.1. The fraction of sp³-hybridized carbons (Fsp3) is 0.182. The van der Waals surface area contributed by atoms with Gasteiger partial charge in [-0.15, -0.1) is 0 Å². The smallest absolute Gasteiger partial charge is 0.200 e. The molecule has 0 unspecified atom stereocenters. The van der Waals surface area contributed by atoms with Crippen molar-refractivity contribution in [3.8, 4) is 0 Å². The Morgan fingerprint density at radius 1 is 1.31 bits per heavy atom. The molecule has 0 amide bonds. The van der Waals surface area contributed by atoms with Crippen molar-refractivity contribution >= 4 is 29.2 Å². The quantitative estimate of drug-likeness (QED) is 0.884. The molecule has 1 heterocycles. The fourth-order valence-corrected chi connectivity index (χ4v) is 1.77. The number of nitrogens with zero attached hydrogens (tertiary/aromatic N) is 1. The number of imidazole rings is 1. The third kappa shape index (κ3) is 2.49. The highest BCUT2D eigenvalue weighted by molar-refractivity contribution is 6.42. The molecule has 2 aromatic rings. The Balaban J connectivity index is 2.17. The van der Waals surface area contributed by atoms with Crippen molar-refractivity contribution in [3.05, 3.63) is 45.7 Å². The van der Waals surface area contributed by atoms with Crippen molar-refractivity contribution in [2.75, 3.05) is 12.4 Å². The maximum absolute atomic E-state index is 5.94. The second-order valence-corrected chi connectivity index (χ2v) is 4.25. The summed E-state index contributed by atoms with van der Waals surface area (Å²) in [5, 5.41) is 4.09. The molecule has 0 aliphatic heterocycles. The minimum atomic E-state index is 0.575. The molecule has 2 rings (SSSR count). The average Bonchev–Trinajstić information content (AvgIpc) is 2.71. The van der Waals surface area contributed by atoms with Crippen molar-refractivity contribution < 1.29 is 0 Å². The predicted octanol–water partition coefficient (Wildman–Crippen LogP) is 3.35. The summed E-state index contributed by atoms with van der Waals surface area (Å²) in [6, 6.07) is 5.62. The summed E-state index contributed by atoms with van der Waals surface area (Å²) in [4.78, 5) is 7.29. The fourth-order valence-electron chi connectivity index (χ4n) is 1.45. The second-order valence-electron chi connectivity index (χ2n) is 3.43. The van der Waals surface area contributed by atoms with E-state index in [-0.39, 0.29) is 0 Å². The van der Waals surface area contributed by atoms with E-state index in [2.05, 4.69) is 15.3 Å². The monoisotopic (exact) mass is 255 g/mol. The highest BCUT2D eigenvalue weighted by Crippen LogP contribution is 2.23. The van der Waals surface area contributed by atoms with Crippen molar-refractivity contribution in [1.82, 2.24) is 9.97 Å². The van der Waals surface area contributed by atoms with Crippen LogP contribution in [0.3, 0.4) is 0 Å². The number of nitrogens with one attached hydrogen (secondary N) is 2. The van der Waals surface area contributed by atoms with Crippen LogP contribution in [-0.4, -0.2) is 17.0 Å². The highest BCUT2D eigenvalue weighted by Gasteiger charge is 2.03. The lowest BCUT2D eigenvalue weighted by molar-refractivity contribution is 1.11. The molecule has 5 heteroatoms. The maximum atomic E-state index is 5.94. The van der Waals surface area contributed by atoms with E-state index >= 15 is 0 Å². The molecular formula is C11H11Cl2N3. The molecule has 0 bridgehead atoms. The van der Waals surface area contributed by atoms with Crippen LogP contribution in [0, 0.1) is 0 Å². The SMILES string of the molecule is CNc1ncc(Cc2ccc(Cl)c(Cl)c2)[nH]1. The summed E-state index contributed by atoms with van der Waals surface area (Å²) in [7, 11) is 1.82. The minimum absolute atomic E-state index is 0.575. The van der Waals surface area contributed by atoms with Gasteiger partial charge in [0.1, 0.15) is 0 Å². The molecule has 2 N–H and O–H groups in total. The molecule has 0 saturated carbocycles. The molecule has 84 valence electrons. The Kier molecular flexibility index (Phi) is 3.36. The molecule has 1 aromatic heterocycles. The van der Waals surface area contributed by atoms with Crippen LogP contribution in [0.4, 0.5) is 5.95 Å². The first kappa shape index (κ1) is 11.3. The number of aromatic nitrogens is 2. The molecule has 0 aliphatic rings. The molecule has 0 radical (unpaired) electrons. The molecule has 0 atom stereocenters. The Labute approximate surface area is 104 Å². The zero-order valence-corrected chi connectivity index (χ0v) is 10.2. The third-order valence-electron chi connectivity index (χ3n) is 2.24. The second kappa shape index (κ2) is 4.76. The van der Waals surface area contributed by atoms with Crippen LogP contribution in [0.5, 0.6) is 0 Å². The molecule has 0 spiro atoms. The van der Waals surface area contributed by atoms with Gasteiger partial charge in [0.15, 0.2) is 5.95 Å². The van der Waals surface area contributed by atoms with Crippen molar-refractivity contribution in [1.29, 1.82) is 0 Å². The number of benzene rings is 1. The van der Waals surface area contributed by atoms with Crippen LogP contribution in [0.2, 0.25) is 10.0 Å². The van der Waals surface area contributed by atoms with Gasteiger partial charge in [-0.05, 0) is 17.7 Å². The van der Waals surface area contributed by atoms with Crippen LogP contribution in [-0.2, 0) is 6.42 Å². The van der Waals surface area contributed by atoms with Gasteiger partial charge < -0.3 is 10.3 Å². The summed E-state index contributed by atoms with van der Waals surface area (Å²) in [5.74, 6) is 0.759. The van der Waals surface area contributed by atoms with Gasteiger partial charge in [-0.1, -0.05) is 29.3 Å². The number of anilines is 1. The maximum Gasteiger partial charge on any atom is 0.200 e. The molecule has 1 aromatic carbocycles. The van der Waals surface area contributed by atoms with Gasteiger partial charge in [-0.3, -0.25) is 0 Å². The molecule has 16 heavy (non-hydrogen) atoms. The minimum Gasteiger partial charge on any atom is -0.359 e. The number of H-pyrrole nitrogens is 1. The van der Waals surface area contributed by atoms with E-state index in [0.29, 0.717) is 10.0 Å². The molecule has 0 aliphatic carbocycles. The lowest BCUT2D eigenvalue weighted by Crippen LogP contribution is -1.91. The van der Waals surface area contributed by atoms with Crippen LogP contribution >= 0.6 is 23.2 Å². The summed E-state index contributed by atoms with van der Waals surface area (Å²) < 4.78 is 0. The van der Waals surface area contributed by atoms with Gasteiger partial charge in [-0.25, -0.2) is 4.98 Å². The standard InChI is InChI=1S/C11H11Cl2N3/c1-14-11-15-6-8(16-11)4-7-2-3-9(12)10(13)5-7/h2-3,5-6H,4H2,1H3,(H2,14,15,16). The molecule has 3 nitrogen and oxygen atoms in total. The van der Waals surface area contributed by atoms with Gasteiger partial charge in [0.25, 0.3) is 0 Å². The van der Waals surface area contributed by atoms with Crippen LogP contribution in [0.1, 0.15) is 11.3 Å². The third-order valence-corrected chi connectivity index (χ3v) is 2.98. The zero-order valence-electron chi connectivity index (χ0n) is 8.72. The predicted molar refractivity (Wildman–Crippen MR) is 67.4 cm³/mol. The largest absolute Gasteiger partial charge is 0.359 e. The van der Waals surface area contributed by atoms with Crippen LogP contribution in [0.15, 0.2) is 24.4 Å². The zero-order chi connectivity index (χ0) is 11.5. The summed E-state index contributed by atoms with van der Waals surface area (Å²) in [5.41, 5.74) is 2.13. The lowest BCUT2D eigenvalue weighted by Gasteiger charge is -2.01. The topological polar surface area (TPSA) is 40.7 Å². The van der Waals surface area contributed by atoms with Gasteiger partial charge in [0, 0.05) is 19.2 Å². The van der Waals surface area contributed by atoms with Crippen LogP contribution in [0.25, 0.3) is 0 Å². The molecular weight excluding hydrogens is 245 g/mol. The first-order chi connectivity index (χ1) is 7.69. The normalized spacial score (nSPS) is 10.4. The highest BCUT2D eigenvalue weighted by atomic mass is 35.5. The van der Waals surface area contributed by atoms with E-state index in [4.69, 9.17) is 23.2 Å². The van der Waals surface area contributed by atoms with E-state index in [9.17, 15) is 0 Å². The number of hydrogen-bond donors (Lipinski definition) is 2. The van der Waals surface area contributed by atoms with Gasteiger partial charge in [-0.2, -0.15) is 0 Å². The van der Waals surface area contributed by atoms with Crippen molar-refractivity contribution in [2.24, 2.45) is 0 Å². The Hall–Kier alpha value is -1.19. The Morgan fingerprint density at radius 2 is 2.12 bits per heavy atom. The summed E-state index contributed by atoms with van der Waals surface area (Å²) in [6.45, 7) is 0. The first-order valence-corrected chi connectivity index (χ1v) is 5.60.